The third-order valence-electron chi connectivity index (χ3n) is 3.58. The van der Waals surface area contributed by atoms with Crippen LogP contribution in [0, 0.1) is 5.92 Å². The number of benzene rings is 1. The molecule has 0 bridgehead atoms. The Morgan fingerprint density at radius 2 is 2.06 bits per heavy atom. The maximum Gasteiger partial charge on any atom is 0.220 e. The van der Waals surface area contributed by atoms with Gasteiger partial charge in [-0.2, -0.15) is 0 Å². The fourth-order valence-electron chi connectivity index (χ4n) is 2.57. The van der Waals surface area contributed by atoms with E-state index in [-0.39, 0.29) is 5.91 Å². The van der Waals surface area contributed by atoms with Crippen molar-refractivity contribution in [1.29, 1.82) is 0 Å². The highest BCUT2D eigenvalue weighted by Gasteiger charge is 2.16. The average Bonchev–Trinajstić information content (AvgIpc) is 2.38. The quantitative estimate of drug-likeness (QED) is 0.893. The van der Waals surface area contributed by atoms with Crippen LogP contribution in [0.1, 0.15) is 44.1 Å². The van der Waals surface area contributed by atoms with Crippen LogP contribution in [0.5, 0.6) is 0 Å². The largest absolute Gasteiger partial charge is 0.352 e. The predicted molar refractivity (Wildman–Crippen MR) is 77.2 cm³/mol. The highest BCUT2D eigenvalue weighted by Crippen LogP contribution is 2.26. The van der Waals surface area contributed by atoms with Gasteiger partial charge in [0.15, 0.2) is 0 Å². The second kappa shape index (κ2) is 6.93. The van der Waals surface area contributed by atoms with Crippen LogP contribution in [-0.2, 0) is 11.3 Å². The summed E-state index contributed by atoms with van der Waals surface area (Å²) in [4.78, 5) is 11.8. The smallest absolute Gasteiger partial charge is 0.220 e. The fraction of sp³-hybridized carbons (Fsp3) is 0.533. The van der Waals surface area contributed by atoms with Crippen molar-refractivity contribution in [3.8, 4) is 0 Å². The summed E-state index contributed by atoms with van der Waals surface area (Å²) in [7, 11) is 0. The molecule has 0 spiro atoms. The summed E-state index contributed by atoms with van der Waals surface area (Å²) < 4.78 is 1.06. The average molecular weight is 310 g/mol. The predicted octanol–water partition coefficient (Wildman–Crippen LogP) is 4.04. The highest BCUT2D eigenvalue weighted by atomic mass is 79.9. The Kier molecular flexibility index (Phi) is 5.24. The van der Waals surface area contributed by atoms with E-state index in [4.69, 9.17) is 0 Å². The lowest BCUT2D eigenvalue weighted by Crippen LogP contribution is -2.25. The van der Waals surface area contributed by atoms with Gasteiger partial charge in [0.2, 0.25) is 5.91 Å². The van der Waals surface area contributed by atoms with Crippen LogP contribution in [0.4, 0.5) is 0 Å². The Hall–Kier alpha value is -0.830. The fourth-order valence-corrected chi connectivity index (χ4v) is 3.02. The van der Waals surface area contributed by atoms with E-state index in [0.29, 0.717) is 18.9 Å². The molecule has 18 heavy (non-hydrogen) atoms. The van der Waals surface area contributed by atoms with Gasteiger partial charge in [-0.15, -0.1) is 0 Å². The van der Waals surface area contributed by atoms with Gasteiger partial charge in [0.1, 0.15) is 0 Å². The van der Waals surface area contributed by atoms with Gasteiger partial charge in [-0.1, -0.05) is 47.3 Å². The Bertz CT molecular complexity index is 399. The van der Waals surface area contributed by atoms with Crippen molar-refractivity contribution in [2.45, 2.75) is 45.1 Å². The number of rotatable bonds is 4. The number of hydrogen-bond donors (Lipinski definition) is 1. The molecule has 0 atom stereocenters. The Balaban J connectivity index is 1.74. The Labute approximate surface area is 117 Å². The molecule has 0 saturated heterocycles. The van der Waals surface area contributed by atoms with Gasteiger partial charge in [-0.3, -0.25) is 4.79 Å². The van der Waals surface area contributed by atoms with Crippen molar-refractivity contribution in [2.24, 2.45) is 5.92 Å². The zero-order chi connectivity index (χ0) is 12.8. The molecular weight excluding hydrogens is 290 g/mol. The lowest BCUT2D eigenvalue weighted by atomic mass is 9.87. The molecule has 1 fully saturated rings. The molecule has 1 aliphatic rings. The zero-order valence-electron chi connectivity index (χ0n) is 10.6. The van der Waals surface area contributed by atoms with Crippen molar-refractivity contribution < 1.29 is 4.79 Å². The molecule has 1 N–H and O–H groups in total. The van der Waals surface area contributed by atoms with E-state index in [9.17, 15) is 4.79 Å². The molecule has 1 saturated carbocycles. The molecule has 3 heteroatoms. The molecule has 0 aromatic heterocycles. The summed E-state index contributed by atoms with van der Waals surface area (Å²) in [5.74, 6) is 0.808. The van der Waals surface area contributed by atoms with E-state index in [2.05, 4.69) is 21.2 Å². The molecule has 2 nitrogen and oxygen atoms in total. The first-order valence-corrected chi connectivity index (χ1v) is 7.54. The van der Waals surface area contributed by atoms with Crippen molar-refractivity contribution in [3.05, 3.63) is 34.3 Å². The topological polar surface area (TPSA) is 29.1 Å². The van der Waals surface area contributed by atoms with Crippen LogP contribution in [-0.4, -0.2) is 5.91 Å². The number of hydrogen-bond acceptors (Lipinski definition) is 1. The Morgan fingerprint density at radius 1 is 1.28 bits per heavy atom. The van der Waals surface area contributed by atoms with Gasteiger partial charge in [-0.05, 0) is 36.5 Å². The van der Waals surface area contributed by atoms with Gasteiger partial charge < -0.3 is 5.32 Å². The van der Waals surface area contributed by atoms with Gasteiger partial charge in [0, 0.05) is 17.4 Å². The number of halogens is 1. The molecule has 1 aromatic carbocycles. The standard InChI is InChI=1S/C15H20BrNO/c16-14-8-4-7-13(9-14)11-17-15(18)10-12-5-2-1-3-6-12/h4,7-9,12H,1-3,5-6,10-11H2,(H,17,18). The van der Waals surface area contributed by atoms with Crippen LogP contribution in [0.15, 0.2) is 28.7 Å². The normalized spacial score (nSPS) is 16.5. The third-order valence-corrected chi connectivity index (χ3v) is 4.07. The number of carbonyl (C=O) groups excluding carboxylic acids is 1. The van der Waals surface area contributed by atoms with Gasteiger partial charge in [0.25, 0.3) is 0 Å². The zero-order valence-corrected chi connectivity index (χ0v) is 12.2. The van der Waals surface area contributed by atoms with E-state index < -0.39 is 0 Å². The van der Waals surface area contributed by atoms with E-state index in [0.717, 1.165) is 10.0 Å². The van der Waals surface area contributed by atoms with Crippen LogP contribution < -0.4 is 5.32 Å². The lowest BCUT2D eigenvalue weighted by Gasteiger charge is -2.20. The van der Waals surface area contributed by atoms with Crippen molar-refractivity contribution in [3.63, 3.8) is 0 Å². The molecule has 0 radical (unpaired) electrons. The summed E-state index contributed by atoms with van der Waals surface area (Å²) >= 11 is 3.44. The van der Waals surface area contributed by atoms with Gasteiger partial charge >= 0.3 is 0 Å². The minimum absolute atomic E-state index is 0.196. The molecule has 2 rings (SSSR count). The summed E-state index contributed by atoms with van der Waals surface area (Å²) in [5.41, 5.74) is 1.14. The van der Waals surface area contributed by atoms with Crippen LogP contribution in [0.2, 0.25) is 0 Å². The second-order valence-corrected chi connectivity index (χ2v) is 6.03. The molecular formula is C15H20BrNO. The van der Waals surface area contributed by atoms with Crippen molar-refractivity contribution >= 4 is 21.8 Å². The third kappa shape index (κ3) is 4.45. The summed E-state index contributed by atoms with van der Waals surface area (Å²) in [6.45, 7) is 0.630. The summed E-state index contributed by atoms with van der Waals surface area (Å²) in [6.07, 6.45) is 7.09. The summed E-state index contributed by atoms with van der Waals surface area (Å²) in [6, 6.07) is 8.06. The van der Waals surface area contributed by atoms with Gasteiger partial charge in [-0.25, -0.2) is 0 Å². The number of carbonyl (C=O) groups is 1. The van der Waals surface area contributed by atoms with Crippen LogP contribution in [0.25, 0.3) is 0 Å². The maximum absolute atomic E-state index is 11.8. The van der Waals surface area contributed by atoms with Crippen LogP contribution in [0.3, 0.4) is 0 Å². The van der Waals surface area contributed by atoms with Gasteiger partial charge in [0.05, 0.1) is 0 Å². The molecule has 1 aromatic rings. The first-order valence-electron chi connectivity index (χ1n) is 6.75. The minimum atomic E-state index is 0.196. The summed E-state index contributed by atoms with van der Waals surface area (Å²) in [5, 5.41) is 3.01. The molecule has 0 aliphatic heterocycles. The first kappa shape index (κ1) is 13.6. The van der Waals surface area contributed by atoms with E-state index in [1.54, 1.807) is 0 Å². The number of nitrogens with one attached hydrogen (secondary N) is 1. The maximum atomic E-state index is 11.8. The Morgan fingerprint density at radius 3 is 2.78 bits per heavy atom. The molecule has 1 aliphatic carbocycles. The van der Waals surface area contributed by atoms with Crippen LogP contribution >= 0.6 is 15.9 Å². The molecule has 0 unspecified atom stereocenters. The highest BCUT2D eigenvalue weighted by molar-refractivity contribution is 9.10. The second-order valence-electron chi connectivity index (χ2n) is 5.11. The first-order chi connectivity index (χ1) is 8.74. The lowest BCUT2D eigenvalue weighted by molar-refractivity contribution is -0.122. The van der Waals surface area contributed by atoms with E-state index >= 15 is 0 Å². The monoisotopic (exact) mass is 309 g/mol. The van der Waals surface area contributed by atoms with E-state index in [1.807, 2.05) is 24.3 Å². The number of amides is 1. The van der Waals surface area contributed by atoms with Crippen molar-refractivity contribution in [1.82, 2.24) is 5.32 Å². The molecule has 98 valence electrons. The minimum Gasteiger partial charge on any atom is -0.352 e. The SMILES string of the molecule is O=C(CC1CCCCC1)NCc1cccc(Br)c1. The molecule has 1 amide bonds. The van der Waals surface area contributed by atoms with Crippen molar-refractivity contribution in [2.75, 3.05) is 0 Å². The van der Waals surface area contributed by atoms with E-state index in [1.165, 1.54) is 32.1 Å². The molecule has 0 heterocycles.